The van der Waals surface area contributed by atoms with Crippen LogP contribution in [0.3, 0.4) is 0 Å². The van der Waals surface area contributed by atoms with Crippen LogP contribution < -0.4 is 0 Å². The van der Waals surface area contributed by atoms with Gasteiger partial charge in [-0.25, -0.2) is 0 Å². The molecule has 0 atom stereocenters. The Kier molecular flexibility index (Phi) is 4.82. The van der Waals surface area contributed by atoms with Crippen molar-refractivity contribution in [1.29, 1.82) is 0 Å². The summed E-state index contributed by atoms with van der Waals surface area (Å²) in [4.78, 5) is 25.0. The number of amides is 1. The van der Waals surface area contributed by atoms with E-state index in [0.29, 0.717) is 43.5 Å². The van der Waals surface area contributed by atoms with Gasteiger partial charge in [0.2, 0.25) is 5.89 Å². The van der Waals surface area contributed by atoms with Crippen molar-refractivity contribution in [3.05, 3.63) is 63.2 Å². The maximum atomic E-state index is 12.8. The van der Waals surface area contributed by atoms with E-state index < -0.39 is 10.8 Å². The lowest BCUT2D eigenvalue weighted by atomic mass is 9.96. The Hall–Kier alpha value is -3.20. The highest BCUT2D eigenvalue weighted by molar-refractivity contribution is 6.31. The third kappa shape index (κ3) is 3.48. The smallest absolute Gasteiger partial charge is 0.283 e. The second-order valence-corrected chi connectivity index (χ2v) is 6.84. The minimum Gasteiger partial charge on any atom is -0.459 e. The first-order valence-electron chi connectivity index (χ1n) is 8.63. The molecule has 28 heavy (non-hydrogen) atoms. The molecule has 1 aromatic carbocycles. The molecular formula is C18H15ClN4O5. The summed E-state index contributed by atoms with van der Waals surface area (Å²) in [6, 6.07) is 7.45. The van der Waals surface area contributed by atoms with Crippen molar-refractivity contribution in [2.45, 2.75) is 18.8 Å². The van der Waals surface area contributed by atoms with Crippen molar-refractivity contribution in [2.24, 2.45) is 0 Å². The molecule has 9 nitrogen and oxygen atoms in total. The maximum absolute atomic E-state index is 12.8. The number of carbonyl (C=O) groups excluding carboxylic acids is 1. The van der Waals surface area contributed by atoms with Crippen LogP contribution in [-0.2, 0) is 0 Å². The number of piperidine rings is 1. The van der Waals surface area contributed by atoms with Crippen LogP contribution in [0.25, 0.3) is 11.7 Å². The van der Waals surface area contributed by atoms with Gasteiger partial charge >= 0.3 is 0 Å². The monoisotopic (exact) mass is 402 g/mol. The SMILES string of the molecule is O=C(c1cc(Cl)ccc1[N+](=O)[O-])N1CCC(c2nnc(-c3ccco3)o2)CC1. The highest BCUT2D eigenvalue weighted by Gasteiger charge is 2.31. The minimum absolute atomic E-state index is 0.00570. The number of nitro groups is 1. The van der Waals surface area contributed by atoms with Gasteiger partial charge in [0, 0.05) is 30.1 Å². The van der Waals surface area contributed by atoms with Gasteiger partial charge in [-0.3, -0.25) is 14.9 Å². The maximum Gasteiger partial charge on any atom is 0.283 e. The Morgan fingerprint density at radius 3 is 2.71 bits per heavy atom. The van der Waals surface area contributed by atoms with E-state index in [1.54, 1.807) is 17.0 Å². The number of rotatable bonds is 4. The van der Waals surface area contributed by atoms with Gasteiger partial charge in [-0.2, -0.15) is 0 Å². The lowest BCUT2D eigenvalue weighted by molar-refractivity contribution is -0.385. The fourth-order valence-corrected chi connectivity index (χ4v) is 3.41. The van der Waals surface area contributed by atoms with Crippen molar-refractivity contribution in [2.75, 3.05) is 13.1 Å². The molecule has 144 valence electrons. The number of hydrogen-bond acceptors (Lipinski definition) is 7. The number of likely N-dealkylation sites (tertiary alicyclic amines) is 1. The Morgan fingerprint density at radius 2 is 2.04 bits per heavy atom. The lowest BCUT2D eigenvalue weighted by Gasteiger charge is -2.30. The van der Waals surface area contributed by atoms with Gasteiger partial charge in [-0.1, -0.05) is 11.6 Å². The van der Waals surface area contributed by atoms with Crippen LogP contribution in [0, 0.1) is 10.1 Å². The summed E-state index contributed by atoms with van der Waals surface area (Å²) in [7, 11) is 0. The normalized spacial score (nSPS) is 15.0. The van der Waals surface area contributed by atoms with Crippen LogP contribution in [-0.4, -0.2) is 39.0 Å². The Labute approximate surface area is 164 Å². The Morgan fingerprint density at radius 1 is 1.25 bits per heavy atom. The number of nitrogens with zero attached hydrogens (tertiary/aromatic N) is 4. The zero-order valence-corrected chi connectivity index (χ0v) is 15.3. The summed E-state index contributed by atoms with van der Waals surface area (Å²) in [5, 5.41) is 19.6. The van der Waals surface area contributed by atoms with E-state index in [1.165, 1.54) is 24.5 Å². The predicted octanol–water partition coefficient (Wildman–Crippen LogP) is 3.91. The van der Waals surface area contributed by atoms with Gasteiger partial charge in [-0.05, 0) is 37.1 Å². The summed E-state index contributed by atoms with van der Waals surface area (Å²) < 4.78 is 10.9. The quantitative estimate of drug-likeness (QED) is 0.479. The number of aromatic nitrogens is 2. The largest absolute Gasteiger partial charge is 0.459 e. The van der Waals surface area contributed by atoms with E-state index in [0.717, 1.165) is 0 Å². The van der Waals surface area contributed by atoms with Gasteiger partial charge in [-0.15, -0.1) is 10.2 Å². The number of carbonyl (C=O) groups is 1. The van der Waals surface area contributed by atoms with Gasteiger partial charge in [0.15, 0.2) is 5.76 Å². The number of nitro benzene ring substituents is 1. The van der Waals surface area contributed by atoms with Crippen LogP contribution in [0.5, 0.6) is 0 Å². The molecule has 4 rings (SSSR count). The average Bonchev–Trinajstić information content (AvgIpc) is 3.39. The van der Waals surface area contributed by atoms with Crippen molar-refractivity contribution in [3.8, 4) is 11.7 Å². The molecule has 1 aliphatic heterocycles. The number of benzene rings is 1. The van der Waals surface area contributed by atoms with Crippen LogP contribution in [0.15, 0.2) is 45.4 Å². The summed E-state index contributed by atoms with van der Waals surface area (Å²) in [5.41, 5.74) is -0.259. The fourth-order valence-electron chi connectivity index (χ4n) is 3.24. The molecule has 1 aliphatic rings. The van der Waals surface area contributed by atoms with E-state index >= 15 is 0 Å². The number of hydrogen-bond donors (Lipinski definition) is 0. The topological polar surface area (TPSA) is 116 Å². The van der Waals surface area contributed by atoms with E-state index in [2.05, 4.69) is 10.2 Å². The van der Waals surface area contributed by atoms with Gasteiger partial charge in [0.05, 0.1) is 11.2 Å². The van der Waals surface area contributed by atoms with Crippen LogP contribution in [0.4, 0.5) is 5.69 Å². The van der Waals surface area contributed by atoms with Crippen LogP contribution >= 0.6 is 11.6 Å². The zero-order chi connectivity index (χ0) is 19.7. The molecule has 2 aromatic heterocycles. The first kappa shape index (κ1) is 18.2. The van der Waals surface area contributed by atoms with Crippen molar-refractivity contribution in [3.63, 3.8) is 0 Å². The van der Waals surface area contributed by atoms with Crippen molar-refractivity contribution < 1.29 is 18.6 Å². The van der Waals surface area contributed by atoms with E-state index in [9.17, 15) is 14.9 Å². The van der Waals surface area contributed by atoms with Gasteiger partial charge in [0.1, 0.15) is 5.56 Å². The highest BCUT2D eigenvalue weighted by atomic mass is 35.5. The summed E-state index contributed by atoms with van der Waals surface area (Å²) in [6.07, 6.45) is 2.75. The predicted molar refractivity (Wildman–Crippen MR) is 98.0 cm³/mol. The molecule has 3 heterocycles. The second-order valence-electron chi connectivity index (χ2n) is 6.41. The molecular weight excluding hydrogens is 388 g/mol. The van der Waals surface area contributed by atoms with Crippen LogP contribution in [0.1, 0.15) is 35.0 Å². The molecule has 1 amide bonds. The number of furan rings is 1. The van der Waals surface area contributed by atoms with E-state index in [1.807, 2.05) is 0 Å². The lowest BCUT2D eigenvalue weighted by Crippen LogP contribution is -2.38. The first-order chi connectivity index (χ1) is 13.5. The molecule has 0 aliphatic carbocycles. The fraction of sp³-hybridized carbons (Fsp3) is 0.278. The van der Waals surface area contributed by atoms with Crippen molar-refractivity contribution in [1.82, 2.24) is 15.1 Å². The van der Waals surface area contributed by atoms with Crippen molar-refractivity contribution >= 4 is 23.2 Å². The summed E-state index contributed by atoms with van der Waals surface area (Å²) >= 11 is 5.92. The molecule has 0 radical (unpaired) electrons. The molecule has 0 bridgehead atoms. The number of halogens is 1. The zero-order valence-electron chi connectivity index (χ0n) is 14.6. The molecule has 0 N–H and O–H groups in total. The summed E-state index contributed by atoms with van der Waals surface area (Å²) in [5.74, 6) is 0.906. The van der Waals surface area contributed by atoms with Gasteiger partial charge in [0.25, 0.3) is 17.5 Å². The molecule has 0 spiro atoms. The average molecular weight is 403 g/mol. The standard InChI is InChI=1S/C18H15ClN4O5/c19-12-3-4-14(23(25)26)13(10-12)18(24)22-7-5-11(6-8-22)16-20-21-17(28-16)15-2-1-9-27-15/h1-4,9-11H,5-8H2. The Bertz CT molecular complexity index is 1010. The van der Waals surface area contributed by atoms with E-state index in [-0.39, 0.29) is 22.2 Å². The molecule has 0 unspecified atom stereocenters. The summed E-state index contributed by atoms with van der Waals surface area (Å²) in [6.45, 7) is 0.845. The van der Waals surface area contributed by atoms with Gasteiger partial charge < -0.3 is 13.7 Å². The molecule has 1 fully saturated rings. The highest BCUT2D eigenvalue weighted by Crippen LogP contribution is 2.31. The molecule has 10 heteroatoms. The first-order valence-corrected chi connectivity index (χ1v) is 9.01. The molecule has 3 aromatic rings. The second kappa shape index (κ2) is 7.43. The molecule has 0 saturated carbocycles. The Balaban J connectivity index is 1.45. The van der Waals surface area contributed by atoms with Crippen LogP contribution in [0.2, 0.25) is 5.02 Å². The molecule has 1 saturated heterocycles. The minimum atomic E-state index is -0.578. The third-order valence-electron chi connectivity index (χ3n) is 4.69. The van der Waals surface area contributed by atoms with E-state index in [4.69, 9.17) is 20.4 Å². The third-order valence-corrected chi connectivity index (χ3v) is 4.92.